The van der Waals surface area contributed by atoms with Crippen LogP contribution in [0.2, 0.25) is 0 Å². The Balaban J connectivity index is 1.82. The lowest BCUT2D eigenvalue weighted by atomic mass is 10.1. The average molecular weight is 265 g/mol. The molecule has 1 nitrogen and oxygen atoms in total. The molecule has 0 heterocycles. The van der Waals surface area contributed by atoms with Crippen LogP contribution in [-0.4, -0.2) is 6.54 Å². The molecule has 0 spiro atoms. The standard InChI is InChI=1S/C15H14F3N/c16-13-5-1-3-11(9-13)7-8-19-10-12-4-2-6-14(17)15(12)18/h1-6,9,19H,7-8,10H2. The van der Waals surface area contributed by atoms with Crippen LogP contribution in [0, 0.1) is 17.5 Å². The van der Waals surface area contributed by atoms with E-state index in [1.807, 2.05) is 6.07 Å². The summed E-state index contributed by atoms with van der Waals surface area (Å²) in [6.45, 7) is 0.818. The molecule has 2 aromatic carbocycles. The van der Waals surface area contributed by atoms with E-state index < -0.39 is 11.6 Å². The van der Waals surface area contributed by atoms with Gasteiger partial charge in [-0.1, -0.05) is 24.3 Å². The van der Waals surface area contributed by atoms with Crippen LogP contribution in [0.25, 0.3) is 0 Å². The summed E-state index contributed by atoms with van der Waals surface area (Å²) >= 11 is 0. The van der Waals surface area contributed by atoms with Crippen LogP contribution in [0.4, 0.5) is 13.2 Å². The maximum absolute atomic E-state index is 13.3. The van der Waals surface area contributed by atoms with Crippen molar-refractivity contribution in [1.29, 1.82) is 0 Å². The van der Waals surface area contributed by atoms with Gasteiger partial charge in [-0.2, -0.15) is 0 Å². The maximum Gasteiger partial charge on any atom is 0.163 e. The number of halogens is 3. The van der Waals surface area contributed by atoms with Gasteiger partial charge < -0.3 is 5.32 Å². The van der Waals surface area contributed by atoms with Gasteiger partial charge in [-0.25, -0.2) is 13.2 Å². The van der Waals surface area contributed by atoms with Crippen molar-refractivity contribution in [3.8, 4) is 0 Å². The summed E-state index contributed by atoms with van der Waals surface area (Å²) in [5.74, 6) is -1.93. The molecule has 100 valence electrons. The molecule has 0 aliphatic rings. The number of benzene rings is 2. The molecule has 0 atom stereocenters. The van der Waals surface area contributed by atoms with Crippen LogP contribution in [0.5, 0.6) is 0 Å². The Morgan fingerprint density at radius 2 is 1.74 bits per heavy atom. The highest BCUT2D eigenvalue weighted by molar-refractivity contribution is 5.19. The van der Waals surface area contributed by atoms with E-state index in [0.29, 0.717) is 18.5 Å². The van der Waals surface area contributed by atoms with Crippen LogP contribution in [0.3, 0.4) is 0 Å². The van der Waals surface area contributed by atoms with E-state index in [1.54, 1.807) is 6.07 Å². The first-order valence-corrected chi connectivity index (χ1v) is 6.05. The highest BCUT2D eigenvalue weighted by atomic mass is 19.2. The van der Waals surface area contributed by atoms with Gasteiger partial charge in [0.05, 0.1) is 0 Å². The van der Waals surface area contributed by atoms with E-state index in [0.717, 1.165) is 11.6 Å². The zero-order chi connectivity index (χ0) is 13.7. The molecule has 2 aromatic rings. The maximum atomic E-state index is 13.3. The molecule has 0 amide bonds. The Labute approximate surface area is 110 Å². The zero-order valence-corrected chi connectivity index (χ0v) is 10.3. The summed E-state index contributed by atoms with van der Waals surface area (Å²) in [6, 6.07) is 10.4. The van der Waals surface area contributed by atoms with Gasteiger partial charge in [-0.3, -0.25) is 0 Å². The van der Waals surface area contributed by atoms with E-state index in [9.17, 15) is 13.2 Å². The monoisotopic (exact) mass is 265 g/mol. The minimum Gasteiger partial charge on any atom is -0.312 e. The fourth-order valence-electron chi connectivity index (χ4n) is 1.83. The van der Waals surface area contributed by atoms with Gasteiger partial charge >= 0.3 is 0 Å². The van der Waals surface area contributed by atoms with Gasteiger partial charge in [0.15, 0.2) is 11.6 Å². The molecule has 0 fully saturated rings. The summed E-state index contributed by atoms with van der Waals surface area (Å²) in [7, 11) is 0. The highest BCUT2D eigenvalue weighted by Crippen LogP contribution is 2.11. The summed E-state index contributed by atoms with van der Waals surface area (Å²) in [5.41, 5.74) is 1.16. The van der Waals surface area contributed by atoms with Crippen molar-refractivity contribution in [2.45, 2.75) is 13.0 Å². The molecule has 0 saturated carbocycles. The smallest absolute Gasteiger partial charge is 0.163 e. The van der Waals surface area contributed by atoms with Gasteiger partial charge in [0.25, 0.3) is 0 Å². The van der Waals surface area contributed by atoms with Gasteiger partial charge in [0, 0.05) is 12.1 Å². The zero-order valence-electron chi connectivity index (χ0n) is 10.3. The van der Waals surface area contributed by atoms with Crippen LogP contribution >= 0.6 is 0 Å². The molecule has 0 saturated heterocycles. The van der Waals surface area contributed by atoms with E-state index in [4.69, 9.17) is 0 Å². The molecular weight excluding hydrogens is 251 g/mol. The summed E-state index contributed by atoms with van der Waals surface area (Å²) in [6.07, 6.45) is 0.634. The molecule has 0 bridgehead atoms. The van der Waals surface area contributed by atoms with E-state index in [-0.39, 0.29) is 12.4 Å². The predicted octanol–water partition coefficient (Wildman–Crippen LogP) is 3.44. The Morgan fingerprint density at radius 3 is 2.53 bits per heavy atom. The molecule has 0 aliphatic heterocycles. The normalized spacial score (nSPS) is 10.7. The summed E-state index contributed by atoms with van der Waals surface area (Å²) < 4.78 is 39.2. The van der Waals surface area contributed by atoms with Gasteiger partial charge in [0.1, 0.15) is 5.82 Å². The van der Waals surface area contributed by atoms with Crippen LogP contribution in [-0.2, 0) is 13.0 Å². The largest absolute Gasteiger partial charge is 0.312 e. The molecule has 0 aromatic heterocycles. The fraction of sp³-hybridized carbons (Fsp3) is 0.200. The second-order valence-electron chi connectivity index (χ2n) is 4.27. The van der Waals surface area contributed by atoms with Crippen molar-refractivity contribution in [1.82, 2.24) is 5.32 Å². The lowest BCUT2D eigenvalue weighted by Gasteiger charge is -2.06. The van der Waals surface area contributed by atoms with E-state index in [2.05, 4.69) is 5.32 Å². The van der Waals surface area contributed by atoms with Crippen LogP contribution < -0.4 is 5.32 Å². The minimum atomic E-state index is -0.843. The molecule has 1 N–H and O–H groups in total. The molecular formula is C15H14F3N. The topological polar surface area (TPSA) is 12.0 Å². The van der Waals surface area contributed by atoms with Crippen molar-refractivity contribution < 1.29 is 13.2 Å². The first kappa shape index (κ1) is 13.6. The summed E-state index contributed by atoms with van der Waals surface area (Å²) in [4.78, 5) is 0. The molecule has 0 unspecified atom stereocenters. The third-order valence-corrected chi connectivity index (χ3v) is 2.83. The second kappa shape index (κ2) is 6.38. The van der Waals surface area contributed by atoms with Crippen molar-refractivity contribution in [2.24, 2.45) is 0 Å². The Morgan fingerprint density at radius 1 is 0.947 bits per heavy atom. The molecule has 0 radical (unpaired) electrons. The van der Waals surface area contributed by atoms with Crippen molar-refractivity contribution in [3.05, 3.63) is 71.0 Å². The van der Waals surface area contributed by atoms with Crippen molar-refractivity contribution >= 4 is 0 Å². The van der Waals surface area contributed by atoms with Gasteiger partial charge in [-0.05, 0) is 36.7 Å². The lowest BCUT2D eigenvalue weighted by molar-refractivity contribution is 0.493. The number of hydrogen-bond donors (Lipinski definition) is 1. The average Bonchev–Trinajstić information content (AvgIpc) is 2.39. The molecule has 4 heteroatoms. The molecule has 19 heavy (non-hydrogen) atoms. The van der Waals surface area contributed by atoms with Gasteiger partial charge in [0.2, 0.25) is 0 Å². The Bertz CT molecular complexity index is 555. The van der Waals surface area contributed by atoms with Crippen molar-refractivity contribution in [2.75, 3.05) is 6.54 Å². The summed E-state index contributed by atoms with van der Waals surface area (Å²) in [5, 5.41) is 3.01. The first-order chi connectivity index (χ1) is 9.16. The number of rotatable bonds is 5. The fourth-order valence-corrected chi connectivity index (χ4v) is 1.83. The number of hydrogen-bond acceptors (Lipinski definition) is 1. The third-order valence-electron chi connectivity index (χ3n) is 2.83. The van der Waals surface area contributed by atoms with Crippen molar-refractivity contribution in [3.63, 3.8) is 0 Å². The first-order valence-electron chi connectivity index (χ1n) is 6.05. The third kappa shape index (κ3) is 3.83. The lowest BCUT2D eigenvalue weighted by Crippen LogP contribution is -2.17. The second-order valence-corrected chi connectivity index (χ2v) is 4.27. The van der Waals surface area contributed by atoms with Gasteiger partial charge in [-0.15, -0.1) is 0 Å². The quantitative estimate of drug-likeness (QED) is 0.817. The van der Waals surface area contributed by atoms with Crippen LogP contribution in [0.15, 0.2) is 42.5 Å². The Hall–Kier alpha value is -1.81. The van der Waals surface area contributed by atoms with Crippen LogP contribution in [0.1, 0.15) is 11.1 Å². The predicted molar refractivity (Wildman–Crippen MR) is 68.2 cm³/mol. The van der Waals surface area contributed by atoms with E-state index >= 15 is 0 Å². The number of nitrogens with one attached hydrogen (secondary N) is 1. The minimum absolute atomic E-state index is 0.249. The Kier molecular flexibility index (Phi) is 4.58. The molecule has 0 aliphatic carbocycles. The SMILES string of the molecule is Fc1cccc(CCNCc2cccc(F)c2F)c1. The highest BCUT2D eigenvalue weighted by Gasteiger charge is 2.06. The molecule has 2 rings (SSSR count). The van der Waals surface area contributed by atoms with E-state index in [1.165, 1.54) is 24.3 Å².